The molecule has 1 aliphatic rings. The van der Waals surface area contributed by atoms with Crippen LogP contribution in [0.3, 0.4) is 0 Å². The maximum atomic E-state index is 13.2. The molecule has 9 heteroatoms. The van der Waals surface area contributed by atoms with Crippen LogP contribution in [-0.2, 0) is 21.4 Å². The molecule has 2 heterocycles. The van der Waals surface area contributed by atoms with E-state index in [4.69, 9.17) is 0 Å². The van der Waals surface area contributed by atoms with Crippen molar-refractivity contribution in [3.8, 4) is 5.69 Å². The molecule has 2 aromatic carbocycles. The minimum absolute atomic E-state index is 0.0358. The van der Waals surface area contributed by atoms with Gasteiger partial charge in [-0.15, -0.1) is 0 Å². The summed E-state index contributed by atoms with van der Waals surface area (Å²) in [6, 6.07) is 14.5. The Morgan fingerprint density at radius 2 is 1.88 bits per heavy atom. The summed E-state index contributed by atoms with van der Waals surface area (Å²) in [5, 5.41) is 4.36. The van der Waals surface area contributed by atoms with E-state index in [2.05, 4.69) is 5.10 Å². The molecule has 3 aromatic rings. The van der Waals surface area contributed by atoms with Crippen molar-refractivity contribution < 1.29 is 17.6 Å². The smallest absolute Gasteiger partial charge is 0.243 e. The van der Waals surface area contributed by atoms with Crippen LogP contribution in [0.5, 0.6) is 0 Å². The molecule has 0 saturated carbocycles. The molecule has 0 aliphatic carbocycles. The molecule has 1 aromatic heterocycles. The fourth-order valence-corrected chi connectivity index (χ4v) is 5.47. The summed E-state index contributed by atoms with van der Waals surface area (Å²) in [6.07, 6.45) is 4.83. The third-order valence-electron chi connectivity index (χ3n) is 5.64. The summed E-state index contributed by atoms with van der Waals surface area (Å²) in [5.41, 5.74) is 1.82. The van der Waals surface area contributed by atoms with Crippen molar-refractivity contribution >= 4 is 15.9 Å². The highest BCUT2D eigenvalue weighted by atomic mass is 32.2. The Hall–Kier alpha value is -3.04. The van der Waals surface area contributed by atoms with Gasteiger partial charge in [-0.1, -0.05) is 18.2 Å². The highest BCUT2D eigenvalue weighted by Crippen LogP contribution is 2.25. The monoisotopic (exact) mass is 456 g/mol. The SMILES string of the molecule is CN(Cc1cnn(-c2ccccc2)c1)C(=O)C1CCCN(S(=O)(=O)c2ccc(F)cc2)C1. The molecule has 1 amide bonds. The quantitative estimate of drug-likeness (QED) is 0.571. The van der Waals surface area contributed by atoms with Gasteiger partial charge in [0.05, 0.1) is 22.7 Å². The second-order valence-corrected chi connectivity index (χ2v) is 9.92. The van der Waals surface area contributed by atoms with E-state index in [0.717, 1.165) is 23.4 Å². The van der Waals surface area contributed by atoms with E-state index in [1.54, 1.807) is 22.8 Å². The van der Waals surface area contributed by atoms with Gasteiger partial charge in [0.2, 0.25) is 15.9 Å². The standard InChI is InChI=1S/C23H25FN4O3S/c1-26(15-18-14-25-28(16-18)21-7-3-2-4-8-21)23(29)19-6-5-13-27(17-19)32(30,31)22-11-9-20(24)10-12-22/h2-4,7-12,14,16,19H,5-6,13,15,17H2,1H3. The van der Waals surface area contributed by atoms with Gasteiger partial charge in [-0.05, 0) is 49.2 Å². The number of para-hydroxylation sites is 1. The molecule has 0 radical (unpaired) electrons. The largest absolute Gasteiger partial charge is 0.341 e. The van der Waals surface area contributed by atoms with Crippen molar-refractivity contribution in [2.24, 2.45) is 5.92 Å². The van der Waals surface area contributed by atoms with E-state index < -0.39 is 21.8 Å². The Balaban J connectivity index is 1.41. The Morgan fingerprint density at radius 3 is 2.59 bits per heavy atom. The second-order valence-electron chi connectivity index (χ2n) is 7.98. The summed E-state index contributed by atoms with van der Waals surface area (Å²) in [6.45, 7) is 0.843. The van der Waals surface area contributed by atoms with Gasteiger partial charge in [-0.2, -0.15) is 9.40 Å². The van der Waals surface area contributed by atoms with Crippen LogP contribution in [0, 0.1) is 11.7 Å². The molecule has 1 fully saturated rings. The molecule has 4 rings (SSSR count). The number of hydrogen-bond donors (Lipinski definition) is 0. The summed E-state index contributed by atoms with van der Waals surface area (Å²) in [4.78, 5) is 14.7. The van der Waals surface area contributed by atoms with Crippen LogP contribution >= 0.6 is 0 Å². The van der Waals surface area contributed by atoms with Gasteiger partial charge in [-0.25, -0.2) is 17.5 Å². The lowest BCUT2D eigenvalue weighted by Crippen LogP contribution is -2.45. The summed E-state index contributed by atoms with van der Waals surface area (Å²) < 4.78 is 42.1. The van der Waals surface area contributed by atoms with Crippen LogP contribution in [0.4, 0.5) is 4.39 Å². The second kappa shape index (κ2) is 9.22. The van der Waals surface area contributed by atoms with E-state index in [1.807, 2.05) is 36.5 Å². The van der Waals surface area contributed by atoms with Crippen LogP contribution in [0.2, 0.25) is 0 Å². The van der Waals surface area contributed by atoms with Crippen LogP contribution in [0.1, 0.15) is 18.4 Å². The number of halogens is 1. The fraction of sp³-hybridized carbons (Fsp3) is 0.304. The Kier molecular flexibility index (Phi) is 6.38. The number of carbonyl (C=O) groups is 1. The topological polar surface area (TPSA) is 75.5 Å². The molecular weight excluding hydrogens is 431 g/mol. The van der Waals surface area contributed by atoms with E-state index in [1.165, 1.54) is 16.4 Å². The molecule has 168 valence electrons. The summed E-state index contributed by atoms with van der Waals surface area (Å²) in [5.74, 6) is -1.02. The van der Waals surface area contributed by atoms with Crippen LogP contribution in [0.15, 0.2) is 71.9 Å². The molecule has 1 unspecified atom stereocenters. The number of hydrogen-bond acceptors (Lipinski definition) is 4. The van der Waals surface area contributed by atoms with E-state index >= 15 is 0 Å². The number of nitrogens with zero attached hydrogens (tertiary/aromatic N) is 4. The van der Waals surface area contributed by atoms with Crippen molar-refractivity contribution in [2.45, 2.75) is 24.3 Å². The van der Waals surface area contributed by atoms with Gasteiger partial charge in [0, 0.05) is 38.4 Å². The van der Waals surface area contributed by atoms with Crippen LogP contribution in [0.25, 0.3) is 5.69 Å². The van der Waals surface area contributed by atoms with E-state index in [0.29, 0.717) is 25.9 Å². The van der Waals surface area contributed by atoms with Crippen LogP contribution < -0.4 is 0 Å². The molecule has 7 nitrogen and oxygen atoms in total. The minimum atomic E-state index is -3.77. The first-order valence-corrected chi connectivity index (χ1v) is 11.9. The third kappa shape index (κ3) is 4.73. The third-order valence-corrected chi connectivity index (χ3v) is 7.52. The number of sulfonamides is 1. The normalized spacial score (nSPS) is 17.2. The predicted molar refractivity (Wildman–Crippen MR) is 118 cm³/mol. The van der Waals surface area contributed by atoms with Gasteiger partial charge in [0.15, 0.2) is 0 Å². The zero-order valence-corrected chi connectivity index (χ0v) is 18.6. The summed E-state index contributed by atoms with van der Waals surface area (Å²) in [7, 11) is -2.06. The number of piperidine rings is 1. The molecule has 32 heavy (non-hydrogen) atoms. The Morgan fingerprint density at radius 1 is 1.16 bits per heavy atom. The number of aromatic nitrogens is 2. The fourth-order valence-electron chi connectivity index (χ4n) is 3.95. The average Bonchev–Trinajstić information content (AvgIpc) is 3.28. The maximum absolute atomic E-state index is 13.2. The first kappa shape index (κ1) is 22.2. The van der Waals surface area contributed by atoms with Crippen LogP contribution in [-0.4, -0.2) is 53.4 Å². The maximum Gasteiger partial charge on any atom is 0.243 e. The molecule has 0 bridgehead atoms. The van der Waals surface area contributed by atoms with Crippen molar-refractivity contribution in [1.82, 2.24) is 19.0 Å². The predicted octanol–water partition coefficient (Wildman–Crippen LogP) is 3.07. The van der Waals surface area contributed by atoms with Crippen molar-refractivity contribution in [3.63, 3.8) is 0 Å². The highest BCUT2D eigenvalue weighted by Gasteiger charge is 2.34. The lowest BCUT2D eigenvalue weighted by Gasteiger charge is -2.33. The Labute approximate surface area is 187 Å². The number of benzene rings is 2. The molecule has 1 aliphatic heterocycles. The number of carbonyl (C=O) groups excluding carboxylic acids is 1. The molecule has 1 saturated heterocycles. The highest BCUT2D eigenvalue weighted by molar-refractivity contribution is 7.89. The van der Waals surface area contributed by atoms with Gasteiger partial charge in [-0.3, -0.25) is 4.79 Å². The molecule has 0 spiro atoms. The zero-order valence-electron chi connectivity index (χ0n) is 17.8. The lowest BCUT2D eigenvalue weighted by atomic mass is 9.98. The average molecular weight is 457 g/mol. The van der Waals surface area contributed by atoms with Crippen molar-refractivity contribution in [1.29, 1.82) is 0 Å². The van der Waals surface area contributed by atoms with E-state index in [9.17, 15) is 17.6 Å². The number of rotatable bonds is 6. The van der Waals surface area contributed by atoms with Gasteiger partial charge in [0.1, 0.15) is 5.82 Å². The Bertz CT molecular complexity index is 1180. The van der Waals surface area contributed by atoms with Gasteiger partial charge in [0.25, 0.3) is 0 Å². The van der Waals surface area contributed by atoms with E-state index in [-0.39, 0.29) is 17.3 Å². The molecule has 0 N–H and O–H groups in total. The first-order chi connectivity index (χ1) is 15.3. The zero-order chi connectivity index (χ0) is 22.7. The lowest BCUT2D eigenvalue weighted by molar-refractivity contribution is -0.135. The van der Waals surface area contributed by atoms with Crippen molar-refractivity contribution in [2.75, 3.05) is 20.1 Å². The first-order valence-electron chi connectivity index (χ1n) is 10.4. The van der Waals surface area contributed by atoms with Crippen molar-refractivity contribution in [3.05, 3.63) is 78.4 Å². The minimum Gasteiger partial charge on any atom is -0.341 e. The van der Waals surface area contributed by atoms with Gasteiger partial charge < -0.3 is 4.90 Å². The van der Waals surface area contributed by atoms with Gasteiger partial charge >= 0.3 is 0 Å². The number of amides is 1. The molecular formula is C23H25FN4O3S. The molecule has 1 atom stereocenters. The summed E-state index contributed by atoms with van der Waals surface area (Å²) >= 11 is 0.